The molecule has 3 nitrogen and oxygen atoms in total. The van der Waals surface area contributed by atoms with Crippen molar-refractivity contribution in [3.8, 4) is 0 Å². The molecular formula is C24H38F6O3. The molecule has 2 rings (SSSR count). The van der Waals surface area contributed by atoms with Crippen molar-refractivity contribution in [2.24, 2.45) is 22.7 Å². The van der Waals surface area contributed by atoms with Crippen molar-refractivity contribution in [1.82, 2.24) is 0 Å². The van der Waals surface area contributed by atoms with Crippen molar-refractivity contribution in [1.29, 1.82) is 0 Å². The van der Waals surface area contributed by atoms with Crippen LogP contribution in [0.5, 0.6) is 0 Å². The fourth-order valence-corrected chi connectivity index (χ4v) is 6.49. The van der Waals surface area contributed by atoms with E-state index in [1.54, 1.807) is 13.8 Å². The number of allylic oxidation sites excluding steroid dienone is 1. The Hall–Kier alpha value is -0.800. The highest BCUT2D eigenvalue weighted by molar-refractivity contribution is 5.13. The van der Waals surface area contributed by atoms with Gasteiger partial charge in [0.2, 0.25) is 0 Å². The highest BCUT2D eigenvalue weighted by Crippen LogP contribution is 2.62. The smallest absolute Gasteiger partial charge is 0.393 e. The maximum atomic E-state index is 13.1. The van der Waals surface area contributed by atoms with Crippen molar-refractivity contribution in [3.63, 3.8) is 0 Å². The van der Waals surface area contributed by atoms with Gasteiger partial charge in [-0.05, 0) is 87.5 Å². The zero-order valence-electron chi connectivity index (χ0n) is 19.9. The van der Waals surface area contributed by atoms with Gasteiger partial charge in [-0.2, -0.15) is 26.3 Å². The van der Waals surface area contributed by atoms with Gasteiger partial charge in [0.05, 0.1) is 11.7 Å². The molecule has 194 valence electrons. The fourth-order valence-electron chi connectivity index (χ4n) is 6.49. The number of fused-ring (bicyclic) bond motifs is 1. The van der Waals surface area contributed by atoms with Crippen molar-refractivity contribution in [2.75, 3.05) is 0 Å². The molecule has 33 heavy (non-hydrogen) atoms. The summed E-state index contributed by atoms with van der Waals surface area (Å²) in [6, 6.07) is 0. The summed E-state index contributed by atoms with van der Waals surface area (Å²) in [5.74, 6) is 0.0393. The van der Waals surface area contributed by atoms with E-state index in [0.29, 0.717) is 25.7 Å². The molecule has 0 aliphatic heterocycles. The number of hydrogen-bond acceptors (Lipinski definition) is 3. The third-order valence-electron chi connectivity index (χ3n) is 8.27. The van der Waals surface area contributed by atoms with Gasteiger partial charge in [-0.1, -0.05) is 32.8 Å². The summed E-state index contributed by atoms with van der Waals surface area (Å²) in [5, 5.41) is 30.1. The van der Waals surface area contributed by atoms with Crippen LogP contribution in [0.3, 0.4) is 0 Å². The van der Waals surface area contributed by atoms with E-state index >= 15 is 0 Å². The number of alkyl halides is 6. The summed E-state index contributed by atoms with van der Waals surface area (Å²) in [7, 11) is 0. The van der Waals surface area contributed by atoms with Crippen molar-refractivity contribution in [2.45, 2.75) is 115 Å². The van der Waals surface area contributed by atoms with E-state index in [-0.39, 0.29) is 29.7 Å². The van der Waals surface area contributed by atoms with Crippen LogP contribution < -0.4 is 0 Å². The number of aliphatic hydroxyl groups is 3. The molecule has 0 aromatic heterocycles. The summed E-state index contributed by atoms with van der Waals surface area (Å²) in [5.41, 5.74) is -6.76. The molecule has 0 saturated heterocycles. The first kappa shape index (κ1) is 28.4. The van der Waals surface area contributed by atoms with Crippen molar-refractivity contribution < 1.29 is 41.7 Å². The molecule has 2 saturated carbocycles. The second kappa shape index (κ2) is 9.34. The zero-order chi connectivity index (χ0) is 25.5. The van der Waals surface area contributed by atoms with Crippen molar-refractivity contribution in [3.05, 3.63) is 12.2 Å². The molecule has 2 aliphatic carbocycles. The third-order valence-corrected chi connectivity index (χ3v) is 8.27. The van der Waals surface area contributed by atoms with Crippen LogP contribution in [0.1, 0.15) is 85.5 Å². The first-order chi connectivity index (χ1) is 14.8. The van der Waals surface area contributed by atoms with Gasteiger partial charge in [-0.15, -0.1) is 0 Å². The molecule has 3 N–H and O–H groups in total. The Morgan fingerprint density at radius 1 is 0.909 bits per heavy atom. The molecule has 0 aromatic carbocycles. The molecular weight excluding hydrogens is 450 g/mol. The zero-order valence-corrected chi connectivity index (χ0v) is 19.9. The Morgan fingerprint density at radius 3 is 2.00 bits per heavy atom. The van der Waals surface area contributed by atoms with E-state index in [2.05, 4.69) is 6.92 Å². The van der Waals surface area contributed by atoms with Crippen LogP contribution in [-0.4, -0.2) is 45.0 Å². The largest absolute Gasteiger partial charge is 0.429 e. The second-order valence-corrected chi connectivity index (χ2v) is 11.4. The molecule has 0 amide bonds. The monoisotopic (exact) mass is 488 g/mol. The first-order valence-electron chi connectivity index (χ1n) is 11.7. The minimum absolute atomic E-state index is 0.0127. The van der Waals surface area contributed by atoms with Gasteiger partial charge in [0, 0.05) is 0 Å². The third kappa shape index (κ3) is 5.89. The molecule has 1 unspecified atom stereocenters. The second-order valence-electron chi connectivity index (χ2n) is 11.4. The minimum atomic E-state index is -5.89. The van der Waals surface area contributed by atoms with Gasteiger partial charge in [0.15, 0.2) is 0 Å². The summed E-state index contributed by atoms with van der Waals surface area (Å²) in [6.45, 7) is 7.27. The predicted molar refractivity (Wildman–Crippen MR) is 113 cm³/mol. The predicted octanol–water partition coefficient (Wildman–Crippen LogP) is 6.31. The fraction of sp³-hybridized carbons (Fsp3) is 0.917. The molecule has 0 bridgehead atoms. The van der Waals surface area contributed by atoms with Gasteiger partial charge < -0.3 is 15.3 Å². The average Bonchev–Trinajstić information content (AvgIpc) is 2.97. The van der Waals surface area contributed by atoms with E-state index in [1.165, 1.54) is 0 Å². The topological polar surface area (TPSA) is 60.7 Å². The lowest BCUT2D eigenvalue weighted by atomic mass is 9.56. The molecule has 5 atom stereocenters. The van der Waals surface area contributed by atoms with Crippen LogP contribution in [0.2, 0.25) is 0 Å². The van der Waals surface area contributed by atoms with Gasteiger partial charge in [-0.3, -0.25) is 0 Å². The van der Waals surface area contributed by atoms with Crippen LogP contribution in [0.25, 0.3) is 0 Å². The molecule has 0 aromatic rings. The Labute approximate surface area is 192 Å². The van der Waals surface area contributed by atoms with Gasteiger partial charge >= 0.3 is 12.4 Å². The summed E-state index contributed by atoms with van der Waals surface area (Å²) in [6.07, 6.45) is -6.29. The van der Waals surface area contributed by atoms with E-state index < -0.39 is 35.1 Å². The van der Waals surface area contributed by atoms with Crippen LogP contribution in [0, 0.1) is 22.7 Å². The van der Waals surface area contributed by atoms with Gasteiger partial charge in [0.25, 0.3) is 5.60 Å². The number of aliphatic hydroxyl groups excluding tert-OH is 1. The summed E-state index contributed by atoms with van der Waals surface area (Å²) >= 11 is 0. The molecule has 0 spiro atoms. The van der Waals surface area contributed by atoms with Crippen LogP contribution in [0.4, 0.5) is 26.3 Å². The average molecular weight is 489 g/mol. The molecule has 2 aliphatic rings. The Balaban J connectivity index is 2.35. The molecule has 2 fully saturated rings. The van der Waals surface area contributed by atoms with E-state index in [1.807, 2.05) is 6.92 Å². The first-order valence-corrected chi connectivity index (χ1v) is 11.7. The van der Waals surface area contributed by atoms with Crippen LogP contribution >= 0.6 is 0 Å². The number of rotatable bonds is 8. The van der Waals surface area contributed by atoms with Gasteiger partial charge in [0.1, 0.15) is 0 Å². The van der Waals surface area contributed by atoms with Crippen molar-refractivity contribution >= 4 is 0 Å². The van der Waals surface area contributed by atoms with E-state index in [4.69, 9.17) is 0 Å². The molecule has 0 radical (unpaired) electrons. The minimum Gasteiger partial charge on any atom is -0.393 e. The standard InChI is InChI=1S/C24H38F6O3/c1-19(2,32)11-6-12-20(3,13-7-15-22(33,23(25,26)27)24(28,29)30)18-10-9-16-17(31)8-5-14-21(16,18)4/h7,15-18,31-33H,5-6,8-14H2,1-4H3/b15-7+/t16-,17-,18+,20?,21-/m0/s1. The highest BCUT2D eigenvalue weighted by atomic mass is 19.4. The Kier molecular flexibility index (Phi) is 8.05. The van der Waals surface area contributed by atoms with E-state index in [0.717, 1.165) is 31.8 Å². The van der Waals surface area contributed by atoms with Gasteiger partial charge in [-0.25, -0.2) is 0 Å². The summed E-state index contributed by atoms with van der Waals surface area (Å²) < 4.78 is 78.6. The molecule has 0 heterocycles. The lowest BCUT2D eigenvalue weighted by molar-refractivity contribution is -0.347. The molecule has 9 heteroatoms. The summed E-state index contributed by atoms with van der Waals surface area (Å²) in [4.78, 5) is 0. The SMILES string of the molecule is CC(C)(O)CCCC(C)(C/C=C/C(O)(C(F)(F)F)C(F)(F)F)[C@H]1CC[C@H]2[C@@H](O)CCC[C@]12C. The maximum absolute atomic E-state index is 13.1. The van der Waals surface area contributed by atoms with Crippen LogP contribution in [0.15, 0.2) is 12.2 Å². The normalized spacial score (nSPS) is 31.6. The number of halogens is 6. The highest BCUT2D eigenvalue weighted by Gasteiger charge is 2.69. The quantitative estimate of drug-likeness (QED) is 0.277. The Bertz CT molecular complexity index is 682. The maximum Gasteiger partial charge on any atom is 0.429 e. The van der Waals surface area contributed by atoms with E-state index in [9.17, 15) is 41.7 Å². The lowest BCUT2D eigenvalue weighted by Crippen LogP contribution is -2.55. The lowest BCUT2D eigenvalue weighted by Gasteiger charge is -2.50. The number of hydrogen-bond donors (Lipinski definition) is 3. The Morgan fingerprint density at radius 2 is 1.48 bits per heavy atom. The van der Waals surface area contributed by atoms with Crippen LogP contribution in [-0.2, 0) is 0 Å².